The monoisotopic (exact) mass is 248 g/mol. The Bertz CT molecular complexity index is 480. The molecule has 3 heteroatoms. The first-order chi connectivity index (χ1) is 7.45. The lowest BCUT2D eigenvalue weighted by Crippen LogP contribution is -1.70. The van der Waals surface area contributed by atoms with Crippen LogP contribution in [0.25, 0.3) is 20.9 Å². The van der Waals surface area contributed by atoms with Crippen molar-refractivity contribution in [3.8, 4) is 20.9 Å². The normalized spacial score (nSPS) is 10.7. The van der Waals surface area contributed by atoms with Gasteiger partial charge >= 0.3 is 0 Å². The molecule has 0 fully saturated rings. The van der Waals surface area contributed by atoms with Gasteiger partial charge in [-0.05, 0) is 39.7 Å². The quantitative estimate of drug-likeness (QED) is 0.584. The standard InChI is InChI=1S/C12H8S3/c1-2-11(14-5-1)10-4-7-15-12(10)9-3-6-13-8-9/h1-8H. The van der Waals surface area contributed by atoms with Crippen molar-refractivity contribution in [2.24, 2.45) is 0 Å². The van der Waals surface area contributed by atoms with E-state index in [9.17, 15) is 0 Å². The van der Waals surface area contributed by atoms with E-state index in [4.69, 9.17) is 0 Å². The van der Waals surface area contributed by atoms with E-state index >= 15 is 0 Å². The predicted molar refractivity (Wildman–Crippen MR) is 70.9 cm³/mol. The maximum absolute atomic E-state index is 2.21. The highest BCUT2D eigenvalue weighted by molar-refractivity contribution is 7.17. The van der Waals surface area contributed by atoms with E-state index < -0.39 is 0 Å². The number of thiophene rings is 3. The average molecular weight is 248 g/mol. The maximum Gasteiger partial charge on any atom is 0.0437 e. The van der Waals surface area contributed by atoms with Crippen LogP contribution in [-0.4, -0.2) is 0 Å². The molecule has 0 N–H and O–H groups in total. The van der Waals surface area contributed by atoms with Crippen LogP contribution in [0.3, 0.4) is 0 Å². The zero-order valence-electron chi connectivity index (χ0n) is 7.84. The maximum atomic E-state index is 2.21. The third-order valence-corrected chi connectivity index (χ3v) is 4.79. The van der Waals surface area contributed by atoms with Gasteiger partial charge in [0.1, 0.15) is 0 Å². The Morgan fingerprint density at radius 2 is 1.87 bits per heavy atom. The van der Waals surface area contributed by atoms with E-state index in [1.165, 1.54) is 20.9 Å². The molecule has 0 aliphatic rings. The Balaban J connectivity index is 2.15. The number of hydrogen-bond acceptors (Lipinski definition) is 3. The summed E-state index contributed by atoms with van der Waals surface area (Å²) in [7, 11) is 0. The van der Waals surface area contributed by atoms with Crippen LogP contribution in [0.4, 0.5) is 0 Å². The molecule has 74 valence electrons. The summed E-state index contributed by atoms with van der Waals surface area (Å²) in [6, 6.07) is 8.69. The van der Waals surface area contributed by atoms with Crippen LogP contribution < -0.4 is 0 Å². The molecule has 0 saturated carbocycles. The molecule has 0 aliphatic carbocycles. The summed E-state index contributed by atoms with van der Waals surface area (Å²) >= 11 is 5.37. The topological polar surface area (TPSA) is 0 Å². The highest BCUT2D eigenvalue weighted by Gasteiger charge is 2.09. The molecular formula is C12H8S3. The summed E-state index contributed by atoms with van der Waals surface area (Å²) in [6.45, 7) is 0. The summed E-state index contributed by atoms with van der Waals surface area (Å²) < 4.78 is 0. The van der Waals surface area contributed by atoms with Crippen molar-refractivity contribution in [1.82, 2.24) is 0 Å². The van der Waals surface area contributed by atoms with Crippen LogP contribution >= 0.6 is 34.0 Å². The van der Waals surface area contributed by atoms with E-state index in [0.29, 0.717) is 0 Å². The molecule has 15 heavy (non-hydrogen) atoms. The van der Waals surface area contributed by atoms with E-state index in [1.54, 1.807) is 22.7 Å². The Hall–Kier alpha value is -0.900. The second-order valence-electron chi connectivity index (χ2n) is 3.15. The fraction of sp³-hybridized carbons (Fsp3) is 0. The third-order valence-electron chi connectivity index (χ3n) is 2.24. The van der Waals surface area contributed by atoms with Crippen LogP contribution in [-0.2, 0) is 0 Å². The summed E-state index contributed by atoms with van der Waals surface area (Å²) in [4.78, 5) is 2.75. The van der Waals surface area contributed by atoms with Gasteiger partial charge in [-0.3, -0.25) is 0 Å². The van der Waals surface area contributed by atoms with Gasteiger partial charge < -0.3 is 0 Å². The first-order valence-corrected chi connectivity index (χ1v) is 7.29. The molecular weight excluding hydrogens is 240 g/mol. The van der Waals surface area contributed by atoms with Crippen molar-refractivity contribution >= 4 is 34.0 Å². The summed E-state index contributed by atoms with van der Waals surface area (Å²) in [6.07, 6.45) is 0. The van der Waals surface area contributed by atoms with E-state index in [-0.39, 0.29) is 0 Å². The van der Waals surface area contributed by atoms with Gasteiger partial charge in [0.25, 0.3) is 0 Å². The highest BCUT2D eigenvalue weighted by Crippen LogP contribution is 2.39. The fourth-order valence-corrected chi connectivity index (χ4v) is 4.00. The second kappa shape index (κ2) is 3.93. The Morgan fingerprint density at radius 1 is 0.867 bits per heavy atom. The van der Waals surface area contributed by atoms with E-state index in [0.717, 1.165) is 0 Å². The van der Waals surface area contributed by atoms with Gasteiger partial charge in [0, 0.05) is 20.9 Å². The van der Waals surface area contributed by atoms with Gasteiger partial charge in [0.15, 0.2) is 0 Å². The molecule has 3 heterocycles. The van der Waals surface area contributed by atoms with Gasteiger partial charge in [0.2, 0.25) is 0 Å². The van der Waals surface area contributed by atoms with Gasteiger partial charge in [-0.25, -0.2) is 0 Å². The lowest BCUT2D eigenvalue weighted by molar-refractivity contribution is 1.84. The lowest BCUT2D eigenvalue weighted by Gasteiger charge is -1.98. The molecule has 0 bridgehead atoms. The molecule has 3 rings (SSSR count). The van der Waals surface area contributed by atoms with E-state index in [2.05, 4.69) is 45.8 Å². The van der Waals surface area contributed by atoms with Crippen LogP contribution in [0.1, 0.15) is 0 Å². The number of rotatable bonds is 2. The highest BCUT2D eigenvalue weighted by atomic mass is 32.1. The van der Waals surface area contributed by atoms with Gasteiger partial charge in [0.05, 0.1) is 0 Å². The average Bonchev–Trinajstić information content (AvgIpc) is 3.01. The molecule has 0 atom stereocenters. The first kappa shape index (κ1) is 9.33. The predicted octanol–water partition coefficient (Wildman–Crippen LogP) is 5.21. The van der Waals surface area contributed by atoms with Gasteiger partial charge in [-0.1, -0.05) is 6.07 Å². The van der Waals surface area contributed by atoms with Gasteiger partial charge in [-0.15, -0.1) is 22.7 Å². The van der Waals surface area contributed by atoms with Crippen LogP contribution in [0.15, 0.2) is 45.8 Å². The molecule has 0 spiro atoms. The third kappa shape index (κ3) is 1.67. The van der Waals surface area contributed by atoms with E-state index in [1.807, 2.05) is 11.3 Å². The van der Waals surface area contributed by atoms with Crippen LogP contribution in [0.5, 0.6) is 0 Å². The molecule has 0 amide bonds. The molecule has 0 nitrogen and oxygen atoms in total. The van der Waals surface area contributed by atoms with Crippen LogP contribution in [0.2, 0.25) is 0 Å². The minimum atomic E-state index is 1.35. The molecule has 0 unspecified atom stereocenters. The van der Waals surface area contributed by atoms with Crippen LogP contribution in [0, 0.1) is 0 Å². The number of hydrogen-bond donors (Lipinski definition) is 0. The lowest BCUT2D eigenvalue weighted by atomic mass is 10.1. The minimum absolute atomic E-state index is 1.35. The van der Waals surface area contributed by atoms with Gasteiger partial charge in [-0.2, -0.15) is 11.3 Å². The summed E-state index contributed by atoms with van der Waals surface area (Å²) in [5, 5.41) is 8.64. The molecule has 3 aromatic heterocycles. The zero-order chi connectivity index (χ0) is 10.1. The summed E-state index contributed by atoms with van der Waals surface area (Å²) in [5.41, 5.74) is 2.71. The summed E-state index contributed by atoms with van der Waals surface area (Å²) in [5.74, 6) is 0. The first-order valence-electron chi connectivity index (χ1n) is 4.59. The largest absolute Gasteiger partial charge is 0.152 e. The molecule has 0 saturated heterocycles. The smallest absolute Gasteiger partial charge is 0.0437 e. The Kier molecular flexibility index (Phi) is 2.44. The zero-order valence-corrected chi connectivity index (χ0v) is 10.3. The minimum Gasteiger partial charge on any atom is -0.152 e. The Morgan fingerprint density at radius 3 is 2.60 bits per heavy atom. The molecule has 0 aromatic carbocycles. The molecule has 3 aromatic rings. The van der Waals surface area contributed by atoms with Crippen molar-refractivity contribution in [2.45, 2.75) is 0 Å². The van der Waals surface area contributed by atoms with Crippen molar-refractivity contribution < 1.29 is 0 Å². The fourth-order valence-electron chi connectivity index (χ4n) is 1.55. The van der Waals surface area contributed by atoms with Crippen molar-refractivity contribution in [2.75, 3.05) is 0 Å². The SMILES string of the molecule is c1csc(-c2ccsc2-c2ccsc2)c1. The van der Waals surface area contributed by atoms with Crippen molar-refractivity contribution in [1.29, 1.82) is 0 Å². The Labute approximate surface area is 100 Å². The van der Waals surface area contributed by atoms with Crippen molar-refractivity contribution in [3.05, 3.63) is 45.8 Å². The second-order valence-corrected chi connectivity index (χ2v) is 5.80. The van der Waals surface area contributed by atoms with Crippen molar-refractivity contribution in [3.63, 3.8) is 0 Å². The molecule has 0 radical (unpaired) electrons. The molecule has 0 aliphatic heterocycles.